The number of rotatable bonds is 6. The molecule has 0 aliphatic heterocycles. The zero-order valence-corrected chi connectivity index (χ0v) is 12.4. The molecular weight excluding hydrogens is 268 g/mol. The maximum atomic E-state index is 10.4. The van der Waals surface area contributed by atoms with Gasteiger partial charge in [-0.25, -0.2) is 0 Å². The van der Waals surface area contributed by atoms with Crippen molar-refractivity contribution in [1.82, 2.24) is 0 Å². The summed E-state index contributed by atoms with van der Waals surface area (Å²) in [5.41, 5.74) is 0.747. The normalized spacial score (nSPS) is 13.3. The fourth-order valence-electron chi connectivity index (χ4n) is 2.08. The van der Waals surface area contributed by atoms with Crippen LogP contribution in [0.15, 0.2) is 48.5 Å². The van der Waals surface area contributed by atoms with Crippen LogP contribution in [0.5, 0.6) is 17.2 Å². The number of ether oxygens (including phenoxy) is 3. The summed E-state index contributed by atoms with van der Waals surface area (Å²) in [4.78, 5) is 0. The highest BCUT2D eigenvalue weighted by Crippen LogP contribution is 2.30. The molecule has 0 bridgehead atoms. The van der Waals surface area contributed by atoms with E-state index in [2.05, 4.69) is 0 Å². The van der Waals surface area contributed by atoms with Crippen molar-refractivity contribution < 1.29 is 19.3 Å². The van der Waals surface area contributed by atoms with Gasteiger partial charge >= 0.3 is 0 Å². The Morgan fingerprint density at radius 3 is 2.29 bits per heavy atom. The molecular formula is C17H20O4. The van der Waals surface area contributed by atoms with E-state index in [1.54, 1.807) is 20.3 Å². The molecule has 0 amide bonds. The van der Waals surface area contributed by atoms with Gasteiger partial charge in [0.25, 0.3) is 0 Å². The molecule has 2 aromatic carbocycles. The third-order valence-electron chi connectivity index (χ3n) is 3.26. The van der Waals surface area contributed by atoms with E-state index in [1.165, 1.54) is 0 Å². The predicted octanol–water partition coefficient (Wildman–Crippen LogP) is 3.20. The lowest BCUT2D eigenvalue weighted by Crippen LogP contribution is -2.22. The molecule has 0 radical (unpaired) electrons. The Morgan fingerprint density at radius 2 is 1.62 bits per heavy atom. The molecule has 2 unspecified atom stereocenters. The van der Waals surface area contributed by atoms with Gasteiger partial charge in [-0.2, -0.15) is 0 Å². The van der Waals surface area contributed by atoms with E-state index < -0.39 is 12.2 Å². The number of hydrogen-bond donors (Lipinski definition) is 1. The minimum atomic E-state index is -0.759. The summed E-state index contributed by atoms with van der Waals surface area (Å²) in [6.45, 7) is 1.82. The van der Waals surface area contributed by atoms with Crippen molar-refractivity contribution in [2.24, 2.45) is 0 Å². The number of aliphatic hydroxyl groups excluding tert-OH is 1. The minimum Gasteiger partial charge on any atom is -0.497 e. The lowest BCUT2D eigenvalue weighted by Gasteiger charge is -2.22. The van der Waals surface area contributed by atoms with E-state index in [4.69, 9.17) is 14.2 Å². The Kier molecular flexibility index (Phi) is 5.06. The molecule has 0 aromatic heterocycles. The molecule has 2 atom stereocenters. The zero-order chi connectivity index (χ0) is 15.2. The van der Waals surface area contributed by atoms with Gasteiger partial charge in [0.1, 0.15) is 18.0 Å². The molecule has 0 saturated heterocycles. The maximum absolute atomic E-state index is 10.4. The Morgan fingerprint density at radius 1 is 0.905 bits per heavy atom. The van der Waals surface area contributed by atoms with Crippen LogP contribution in [0.2, 0.25) is 0 Å². The summed E-state index contributed by atoms with van der Waals surface area (Å²) in [7, 11) is 3.19. The zero-order valence-electron chi connectivity index (χ0n) is 12.4. The minimum absolute atomic E-state index is 0.423. The van der Waals surface area contributed by atoms with Gasteiger partial charge in [-0.1, -0.05) is 24.3 Å². The van der Waals surface area contributed by atoms with Crippen LogP contribution in [0.25, 0.3) is 0 Å². The molecule has 0 aliphatic rings. The van der Waals surface area contributed by atoms with E-state index in [0.29, 0.717) is 17.2 Å². The first-order valence-corrected chi connectivity index (χ1v) is 6.77. The van der Waals surface area contributed by atoms with Crippen LogP contribution < -0.4 is 14.2 Å². The lowest BCUT2D eigenvalue weighted by atomic mass is 10.1. The summed E-state index contributed by atoms with van der Waals surface area (Å²) >= 11 is 0. The second-order valence-corrected chi connectivity index (χ2v) is 4.70. The standard InChI is InChI=1S/C17H20O4/c1-12(21-16-10-5-4-9-15(16)20-3)17(18)13-7-6-8-14(11-13)19-2/h4-12,17-18H,1-3H3. The molecule has 21 heavy (non-hydrogen) atoms. The van der Waals surface area contributed by atoms with Gasteiger partial charge in [0.2, 0.25) is 0 Å². The first-order chi connectivity index (χ1) is 10.2. The Bertz CT molecular complexity index is 583. The van der Waals surface area contributed by atoms with Crippen LogP contribution in [0.4, 0.5) is 0 Å². The SMILES string of the molecule is COc1cccc(C(O)C(C)Oc2ccccc2OC)c1. The molecule has 1 N–H and O–H groups in total. The van der Waals surface area contributed by atoms with E-state index in [-0.39, 0.29) is 0 Å². The molecule has 4 heteroatoms. The van der Waals surface area contributed by atoms with Crippen LogP contribution >= 0.6 is 0 Å². The van der Waals surface area contributed by atoms with Gasteiger partial charge in [-0.15, -0.1) is 0 Å². The number of para-hydroxylation sites is 2. The third-order valence-corrected chi connectivity index (χ3v) is 3.26. The summed E-state index contributed by atoms with van der Waals surface area (Å²) in [6, 6.07) is 14.7. The van der Waals surface area contributed by atoms with Crippen LogP contribution in [0.1, 0.15) is 18.6 Å². The van der Waals surface area contributed by atoms with Crippen LogP contribution in [0, 0.1) is 0 Å². The van der Waals surface area contributed by atoms with Crippen LogP contribution in [-0.2, 0) is 0 Å². The van der Waals surface area contributed by atoms with Gasteiger partial charge in [-0.05, 0) is 36.8 Å². The maximum Gasteiger partial charge on any atom is 0.161 e. The lowest BCUT2D eigenvalue weighted by molar-refractivity contribution is 0.0450. The molecule has 0 aliphatic carbocycles. The van der Waals surface area contributed by atoms with Gasteiger partial charge in [0.05, 0.1) is 14.2 Å². The van der Waals surface area contributed by atoms with Crippen molar-refractivity contribution in [3.05, 3.63) is 54.1 Å². The fourth-order valence-corrected chi connectivity index (χ4v) is 2.08. The van der Waals surface area contributed by atoms with E-state index in [1.807, 2.05) is 49.4 Å². The van der Waals surface area contributed by atoms with Crippen LogP contribution in [0.3, 0.4) is 0 Å². The number of aliphatic hydroxyl groups is 1. The molecule has 2 aromatic rings. The largest absolute Gasteiger partial charge is 0.497 e. The topological polar surface area (TPSA) is 47.9 Å². The van der Waals surface area contributed by atoms with Gasteiger partial charge < -0.3 is 19.3 Å². The summed E-state index contributed by atoms with van der Waals surface area (Å²) in [6.07, 6.45) is -1.18. The van der Waals surface area contributed by atoms with Crippen molar-refractivity contribution in [3.63, 3.8) is 0 Å². The van der Waals surface area contributed by atoms with E-state index in [0.717, 1.165) is 5.56 Å². The molecule has 4 nitrogen and oxygen atoms in total. The highest BCUT2D eigenvalue weighted by atomic mass is 16.5. The highest BCUT2D eigenvalue weighted by Gasteiger charge is 2.19. The van der Waals surface area contributed by atoms with E-state index >= 15 is 0 Å². The predicted molar refractivity (Wildman–Crippen MR) is 81.0 cm³/mol. The van der Waals surface area contributed by atoms with Crippen molar-refractivity contribution in [1.29, 1.82) is 0 Å². The first kappa shape index (κ1) is 15.2. The van der Waals surface area contributed by atoms with Crippen molar-refractivity contribution in [2.75, 3.05) is 14.2 Å². The third kappa shape index (κ3) is 3.67. The molecule has 0 fully saturated rings. The summed E-state index contributed by atoms with van der Waals surface area (Å²) in [5, 5.41) is 10.4. The Hall–Kier alpha value is -2.20. The monoisotopic (exact) mass is 288 g/mol. The highest BCUT2D eigenvalue weighted by molar-refractivity contribution is 5.39. The average molecular weight is 288 g/mol. The molecule has 2 rings (SSSR count). The molecule has 0 saturated carbocycles. The van der Waals surface area contributed by atoms with Gasteiger partial charge in [-0.3, -0.25) is 0 Å². The number of benzene rings is 2. The van der Waals surface area contributed by atoms with Crippen molar-refractivity contribution in [3.8, 4) is 17.2 Å². The fraction of sp³-hybridized carbons (Fsp3) is 0.294. The summed E-state index contributed by atoms with van der Waals surface area (Å²) in [5.74, 6) is 1.95. The smallest absolute Gasteiger partial charge is 0.161 e. The first-order valence-electron chi connectivity index (χ1n) is 6.77. The summed E-state index contributed by atoms with van der Waals surface area (Å²) < 4.78 is 16.2. The molecule has 112 valence electrons. The molecule has 0 spiro atoms. The Balaban J connectivity index is 2.13. The van der Waals surface area contributed by atoms with Crippen molar-refractivity contribution in [2.45, 2.75) is 19.1 Å². The second kappa shape index (κ2) is 6.99. The number of hydrogen-bond acceptors (Lipinski definition) is 4. The molecule has 0 heterocycles. The quantitative estimate of drug-likeness (QED) is 0.886. The van der Waals surface area contributed by atoms with Gasteiger partial charge in [0.15, 0.2) is 11.5 Å². The van der Waals surface area contributed by atoms with Crippen LogP contribution in [-0.4, -0.2) is 25.4 Å². The average Bonchev–Trinajstić information content (AvgIpc) is 2.54. The second-order valence-electron chi connectivity index (χ2n) is 4.70. The van der Waals surface area contributed by atoms with Gasteiger partial charge in [0, 0.05) is 0 Å². The number of methoxy groups -OCH3 is 2. The van der Waals surface area contributed by atoms with E-state index in [9.17, 15) is 5.11 Å². The Labute approximate surface area is 124 Å². The van der Waals surface area contributed by atoms with Crippen molar-refractivity contribution >= 4 is 0 Å².